The summed E-state index contributed by atoms with van der Waals surface area (Å²) in [6, 6.07) is 17.2. The first-order valence-electron chi connectivity index (χ1n) is 10.4. The summed E-state index contributed by atoms with van der Waals surface area (Å²) in [6.07, 6.45) is -0.381. The zero-order chi connectivity index (χ0) is 23.2. The molecular formula is C22H23N5O5S. The van der Waals surface area contributed by atoms with Gasteiger partial charge in [-0.2, -0.15) is 18.0 Å². The second-order valence-corrected chi connectivity index (χ2v) is 9.42. The zero-order valence-electron chi connectivity index (χ0n) is 17.4. The summed E-state index contributed by atoms with van der Waals surface area (Å²) in [5, 5.41) is 35.8. The van der Waals surface area contributed by atoms with Gasteiger partial charge in [0.05, 0.1) is 24.4 Å². The topological polar surface area (TPSA) is 152 Å². The molecule has 2 aromatic carbocycles. The third-order valence-electron chi connectivity index (χ3n) is 5.98. The number of anilines is 1. The van der Waals surface area contributed by atoms with Crippen molar-refractivity contribution in [1.29, 1.82) is 0 Å². The minimum absolute atomic E-state index is 0.278. The maximum Gasteiger partial charge on any atom is 0.333 e. The molecule has 1 aliphatic carbocycles. The SMILES string of the molecule is NS(=O)(=O)OC[C@@H]1C[C@H](Nc2ccnc3cc(-c4ccc5ccccc5c4)nn23)[C@@H](O)[C@H]1O. The average molecular weight is 470 g/mol. The second kappa shape index (κ2) is 8.36. The number of rotatable bonds is 6. The Morgan fingerprint density at radius 3 is 2.67 bits per heavy atom. The molecule has 33 heavy (non-hydrogen) atoms. The lowest BCUT2D eigenvalue weighted by Gasteiger charge is -2.19. The van der Waals surface area contributed by atoms with Gasteiger partial charge in [-0.1, -0.05) is 36.4 Å². The quantitative estimate of drug-likeness (QED) is 0.330. The second-order valence-electron chi connectivity index (χ2n) is 8.20. The number of aromatic nitrogens is 3. The maximum atomic E-state index is 11.1. The zero-order valence-corrected chi connectivity index (χ0v) is 18.3. The lowest BCUT2D eigenvalue weighted by atomic mass is 10.1. The summed E-state index contributed by atoms with van der Waals surface area (Å²) in [5.41, 5.74) is 2.31. The Hall–Kier alpha value is -3.09. The molecule has 5 N–H and O–H groups in total. The predicted octanol–water partition coefficient (Wildman–Crippen LogP) is 1.29. The van der Waals surface area contributed by atoms with Crippen LogP contribution in [0.4, 0.5) is 5.82 Å². The molecule has 0 aliphatic heterocycles. The minimum Gasteiger partial charge on any atom is -0.390 e. The van der Waals surface area contributed by atoms with E-state index in [1.807, 2.05) is 36.4 Å². The van der Waals surface area contributed by atoms with Crippen molar-refractivity contribution in [3.63, 3.8) is 0 Å². The highest BCUT2D eigenvalue weighted by atomic mass is 32.2. The summed E-state index contributed by atoms with van der Waals surface area (Å²) < 4.78 is 28.4. The fraction of sp³-hybridized carbons (Fsp3) is 0.273. The van der Waals surface area contributed by atoms with Crippen LogP contribution in [0, 0.1) is 5.92 Å². The van der Waals surface area contributed by atoms with Crippen LogP contribution in [0.3, 0.4) is 0 Å². The molecule has 11 heteroatoms. The van der Waals surface area contributed by atoms with Gasteiger partial charge in [-0.3, -0.25) is 4.18 Å². The monoisotopic (exact) mass is 469 g/mol. The molecule has 0 spiro atoms. The first-order valence-corrected chi connectivity index (χ1v) is 11.9. The van der Waals surface area contributed by atoms with E-state index in [1.54, 1.807) is 16.8 Å². The summed E-state index contributed by atoms with van der Waals surface area (Å²) in [5.74, 6) is -0.0183. The average Bonchev–Trinajstić information content (AvgIpc) is 3.34. The summed E-state index contributed by atoms with van der Waals surface area (Å²) in [4.78, 5) is 4.38. The van der Waals surface area contributed by atoms with Crippen molar-refractivity contribution in [2.45, 2.75) is 24.7 Å². The first kappa shape index (κ1) is 21.7. The molecule has 1 fully saturated rings. The van der Waals surface area contributed by atoms with Crippen LogP contribution in [0.25, 0.3) is 27.7 Å². The predicted molar refractivity (Wildman–Crippen MR) is 123 cm³/mol. The van der Waals surface area contributed by atoms with Crippen molar-refractivity contribution >= 4 is 32.5 Å². The van der Waals surface area contributed by atoms with Crippen molar-refractivity contribution in [2.24, 2.45) is 11.1 Å². The molecular weight excluding hydrogens is 446 g/mol. The lowest BCUT2D eigenvalue weighted by molar-refractivity contribution is 0.00777. The standard InChI is InChI=1S/C22H23N5O5S/c23-33(30,31)32-12-16-10-18(22(29)21(16)28)25-19-7-8-24-20-11-17(26-27(19)20)15-6-5-13-3-1-2-4-14(13)9-15/h1-9,11,16,18,21-22,25,28-29H,10,12H2,(H2,23,30,31)/t16-,18-,21-,22+/m0/s1. The number of aliphatic hydroxyl groups is 2. The van der Waals surface area contributed by atoms with Crippen LogP contribution in [0.1, 0.15) is 6.42 Å². The van der Waals surface area contributed by atoms with Crippen LogP contribution in [-0.4, -0.2) is 58.1 Å². The van der Waals surface area contributed by atoms with E-state index in [9.17, 15) is 18.6 Å². The highest BCUT2D eigenvalue weighted by molar-refractivity contribution is 7.84. The van der Waals surface area contributed by atoms with E-state index in [-0.39, 0.29) is 13.0 Å². The van der Waals surface area contributed by atoms with Crippen molar-refractivity contribution in [1.82, 2.24) is 14.6 Å². The van der Waals surface area contributed by atoms with Crippen molar-refractivity contribution in [2.75, 3.05) is 11.9 Å². The van der Waals surface area contributed by atoms with Gasteiger partial charge in [0.15, 0.2) is 5.65 Å². The van der Waals surface area contributed by atoms with Gasteiger partial charge in [0.25, 0.3) is 0 Å². The Morgan fingerprint density at radius 1 is 1.09 bits per heavy atom. The Balaban J connectivity index is 1.40. The third-order valence-corrected chi connectivity index (χ3v) is 6.45. The number of nitrogens with two attached hydrogens (primary N) is 1. The molecule has 172 valence electrons. The smallest absolute Gasteiger partial charge is 0.333 e. The van der Waals surface area contributed by atoms with Crippen molar-refractivity contribution in [3.8, 4) is 11.3 Å². The Bertz CT molecular complexity index is 1420. The molecule has 0 bridgehead atoms. The van der Waals surface area contributed by atoms with Crippen molar-refractivity contribution < 1.29 is 22.8 Å². The van der Waals surface area contributed by atoms with Crippen LogP contribution >= 0.6 is 0 Å². The molecule has 4 atom stereocenters. The van der Waals surface area contributed by atoms with Gasteiger partial charge in [0.2, 0.25) is 0 Å². The van der Waals surface area contributed by atoms with E-state index in [2.05, 4.69) is 26.6 Å². The van der Waals surface area contributed by atoms with Gasteiger partial charge in [-0.25, -0.2) is 10.1 Å². The van der Waals surface area contributed by atoms with Gasteiger partial charge in [0, 0.05) is 23.7 Å². The van der Waals surface area contributed by atoms with Crippen LogP contribution in [0.2, 0.25) is 0 Å². The number of hydrogen-bond acceptors (Lipinski definition) is 8. The number of fused-ring (bicyclic) bond motifs is 2. The van der Waals surface area contributed by atoms with Crippen molar-refractivity contribution in [3.05, 3.63) is 60.8 Å². The van der Waals surface area contributed by atoms with E-state index in [0.29, 0.717) is 11.5 Å². The van der Waals surface area contributed by atoms with E-state index >= 15 is 0 Å². The molecule has 0 radical (unpaired) electrons. The summed E-state index contributed by atoms with van der Waals surface area (Å²) in [7, 11) is -4.13. The highest BCUT2D eigenvalue weighted by Crippen LogP contribution is 2.30. The van der Waals surface area contributed by atoms with Crippen LogP contribution in [0.15, 0.2) is 60.8 Å². The van der Waals surface area contributed by atoms with Gasteiger partial charge >= 0.3 is 10.3 Å². The molecule has 10 nitrogen and oxygen atoms in total. The number of aliphatic hydroxyl groups excluding tert-OH is 2. The molecule has 5 rings (SSSR count). The van der Waals surface area contributed by atoms with E-state index in [1.165, 1.54) is 0 Å². The Labute approximate surface area is 189 Å². The number of benzene rings is 2. The normalized spacial score (nSPS) is 23.4. The number of hydrogen-bond donors (Lipinski definition) is 4. The number of nitrogens with one attached hydrogen (secondary N) is 1. The first-order chi connectivity index (χ1) is 15.8. The van der Waals surface area contributed by atoms with Crippen LogP contribution in [-0.2, 0) is 14.5 Å². The minimum atomic E-state index is -4.13. The lowest BCUT2D eigenvalue weighted by Crippen LogP contribution is -2.36. The van der Waals surface area contributed by atoms with E-state index in [4.69, 9.17) is 10.2 Å². The maximum absolute atomic E-state index is 11.1. The molecule has 2 heterocycles. The summed E-state index contributed by atoms with van der Waals surface area (Å²) >= 11 is 0. The van der Waals surface area contributed by atoms with Crippen LogP contribution < -0.4 is 10.5 Å². The molecule has 0 saturated heterocycles. The number of nitrogens with zero attached hydrogens (tertiary/aromatic N) is 3. The third kappa shape index (κ3) is 4.41. The van der Waals surface area contributed by atoms with E-state index in [0.717, 1.165) is 22.0 Å². The van der Waals surface area contributed by atoms with Gasteiger partial charge < -0.3 is 15.5 Å². The molecule has 2 aromatic heterocycles. The highest BCUT2D eigenvalue weighted by Gasteiger charge is 2.42. The largest absolute Gasteiger partial charge is 0.390 e. The Morgan fingerprint density at radius 2 is 1.88 bits per heavy atom. The van der Waals surface area contributed by atoms with Gasteiger partial charge in [0.1, 0.15) is 11.9 Å². The fourth-order valence-electron chi connectivity index (χ4n) is 4.30. The molecule has 0 amide bonds. The molecule has 1 saturated carbocycles. The van der Waals surface area contributed by atoms with Crippen LogP contribution in [0.5, 0.6) is 0 Å². The van der Waals surface area contributed by atoms with Gasteiger partial charge in [-0.05, 0) is 29.3 Å². The van der Waals surface area contributed by atoms with Gasteiger partial charge in [-0.15, -0.1) is 0 Å². The summed E-state index contributed by atoms with van der Waals surface area (Å²) in [6.45, 7) is -0.311. The van der Waals surface area contributed by atoms with E-state index < -0.39 is 34.5 Å². The Kier molecular flexibility index (Phi) is 5.51. The molecule has 4 aromatic rings. The fourth-order valence-corrected chi connectivity index (χ4v) is 4.66. The molecule has 0 unspecified atom stereocenters. The molecule has 1 aliphatic rings.